The number of anilines is 2. The number of carbonyl (C=O) groups is 1. The van der Waals surface area contributed by atoms with Crippen LogP contribution >= 0.6 is 12.2 Å². The van der Waals surface area contributed by atoms with Crippen molar-refractivity contribution < 1.29 is 4.79 Å². The first-order valence-electron chi connectivity index (χ1n) is 8.46. The average molecular weight is 345 g/mol. The topological polar surface area (TPSA) is 66.0 Å². The van der Waals surface area contributed by atoms with E-state index in [4.69, 9.17) is 12.2 Å². The van der Waals surface area contributed by atoms with E-state index in [-0.39, 0.29) is 12.5 Å². The van der Waals surface area contributed by atoms with E-state index in [0.717, 1.165) is 37.4 Å². The molecule has 1 aromatic carbocycles. The van der Waals surface area contributed by atoms with Crippen molar-refractivity contribution >= 4 is 29.5 Å². The van der Waals surface area contributed by atoms with Gasteiger partial charge >= 0.3 is 0 Å². The predicted octanol–water partition coefficient (Wildman–Crippen LogP) is 3.13. The summed E-state index contributed by atoms with van der Waals surface area (Å²) < 4.78 is 2.24. The van der Waals surface area contributed by atoms with E-state index in [2.05, 4.69) is 39.5 Å². The minimum absolute atomic E-state index is 0.0984. The zero-order chi connectivity index (χ0) is 16.9. The van der Waals surface area contributed by atoms with Crippen molar-refractivity contribution in [1.82, 2.24) is 14.8 Å². The van der Waals surface area contributed by atoms with E-state index >= 15 is 0 Å². The fourth-order valence-corrected chi connectivity index (χ4v) is 3.22. The van der Waals surface area contributed by atoms with Crippen LogP contribution in [0.4, 0.5) is 11.4 Å². The summed E-state index contributed by atoms with van der Waals surface area (Å²) in [6.45, 7) is 4.48. The van der Waals surface area contributed by atoms with E-state index in [9.17, 15) is 4.79 Å². The van der Waals surface area contributed by atoms with Crippen LogP contribution in [0.3, 0.4) is 0 Å². The zero-order valence-electron chi connectivity index (χ0n) is 13.9. The summed E-state index contributed by atoms with van der Waals surface area (Å²) in [5.74, 6) is 0.723. The standard InChI is InChI=1S/C17H23N5OS/c1-2-5-15-19-20-17(24)22(15)12-16(23)18-13-6-8-14(9-7-13)21-10-3-4-11-21/h6-9H,2-5,10-12H2,1H3,(H,18,23)(H,20,24). The fraction of sp³-hybridized carbons (Fsp3) is 0.471. The Hall–Kier alpha value is -2.15. The Morgan fingerprint density at radius 1 is 1.29 bits per heavy atom. The summed E-state index contributed by atoms with van der Waals surface area (Å²) in [6, 6.07) is 8.03. The quantitative estimate of drug-likeness (QED) is 0.790. The van der Waals surface area contributed by atoms with Crippen LogP contribution in [0.2, 0.25) is 0 Å². The highest BCUT2D eigenvalue weighted by molar-refractivity contribution is 7.71. The molecule has 2 N–H and O–H groups in total. The molecule has 0 aliphatic carbocycles. The van der Waals surface area contributed by atoms with Crippen molar-refractivity contribution in [3.63, 3.8) is 0 Å². The van der Waals surface area contributed by atoms with E-state index in [0.29, 0.717) is 4.77 Å². The molecular formula is C17H23N5OS. The molecule has 24 heavy (non-hydrogen) atoms. The largest absolute Gasteiger partial charge is 0.372 e. The lowest BCUT2D eigenvalue weighted by Gasteiger charge is -2.17. The van der Waals surface area contributed by atoms with Crippen LogP contribution in [0.1, 0.15) is 32.0 Å². The van der Waals surface area contributed by atoms with Crippen molar-refractivity contribution in [3.8, 4) is 0 Å². The smallest absolute Gasteiger partial charge is 0.244 e. The third kappa shape index (κ3) is 3.84. The molecule has 0 unspecified atom stereocenters. The number of carbonyl (C=O) groups excluding carboxylic acids is 1. The summed E-state index contributed by atoms with van der Waals surface area (Å²) >= 11 is 5.21. The Labute approximate surface area is 146 Å². The van der Waals surface area contributed by atoms with Gasteiger partial charge in [-0.1, -0.05) is 6.92 Å². The number of amides is 1. The van der Waals surface area contributed by atoms with Gasteiger partial charge in [-0.2, -0.15) is 5.10 Å². The maximum atomic E-state index is 12.3. The molecule has 1 fully saturated rings. The van der Waals surface area contributed by atoms with Gasteiger partial charge in [-0.25, -0.2) is 0 Å². The van der Waals surface area contributed by atoms with Gasteiger partial charge in [0.05, 0.1) is 0 Å². The Morgan fingerprint density at radius 2 is 2.00 bits per heavy atom. The number of H-pyrrole nitrogens is 1. The maximum Gasteiger partial charge on any atom is 0.244 e. The first-order valence-corrected chi connectivity index (χ1v) is 8.87. The predicted molar refractivity (Wildman–Crippen MR) is 97.9 cm³/mol. The summed E-state index contributed by atoms with van der Waals surface area (Å²) in [5, 5.41) is 9.87. The Bertz CT molecular complexity index is 743. The van der Waals surface area contributed by atoms with E-state index < -0.39 is 0 Å². The van der Waals surface area contributed by atoms with Gasteiger partial charge in [-0.05, 0) is 55.7 Å². The average Bonchev–Trinajstić information content (AvgIpc) is 3.21. The van der Waals surface area contributed by atoms with Gasteiger partial charge in [0.15, 0.2) is 4.77 Å². The van der Waals surface area contributed by atoms with Gasteiger partial charge in [0.1, 0.15) is 12.4 Å². The van der Waals surface area contributed by atoms with Crippen molar-refractivity contribution in [2.45, 2.75) is 39.2 Å². The molecule has 2 heterocycles. The van der Waals surface area contributed by atoms with Crippen LogP contribution in [0.5, 0.6) is 0 Å². The van der Waals surface area contributed by atoms with Crippen molar-refractivity contribution in [2.24, 2.45) is 0 Å². The van der Waals surface area contributed by atoms with Gasteiger partial charge in [0.25, 0.3) is 0 Å². The molecule has 1 aliphatic rings. The Kier molecular flexibility index (Phi) is 5.30. The first-order chi connectivity index (χ1) is 11.7. The molecular weight excluding hydrogens is 322 g/mol. The van der Waals surface area contributed by atoms with Crippen molar-refractivity contribution in [1.29, 1.82) is 0 Å². The van der Waals surface area contributed by atoms with Crippen LogP contribution in [-0.2, 0) is 17.8 Å². The van der Waals surface area contributed by atoms with Crippen molar-refractivity contribution in [2.75, 3.05) is 23.3 Å². The molecule has 1 saturated heterocycles. The number of aryl methyl sites for hydroxylation is 1. The third-order valence-electron chi connectivity index (χ3n) is 4.23. The molecule has 1 aromatic heterocycles. The molecule has 1 amide bonds. The molecule has 128 valence electrons. The van der Waals surface area contributed by atoms with Crippen LogP contribution in [0.15, 0.2) is 24.3 Å². The number of hydrogen-bond acceptors (Lipinski definition) is 4. The molecule has 7 heteroatoms. The molecule has 2 aromatic rings. The molecule has 6 nitrogen and oxygen atoms in total. The van der Waals surface area contributed by atoms with Crippen LogP contribution in [-0.4, -0.2) is 33.8 Å². The van der Waals surface area contributed by atoms with Crippen LogP contribution < -0.4 is 10.2 Å². The molecule has 0 atom stereocenters. The normalized spacial score (nSPS) is 14.1. The number of nitrogens with zero attached hydrogens (tertiary/aromatic N) is 3. The lowest BCUT2D eigenvalue weighted by Crippen LogP contribution is -2.21. The number of nitrogens with one attached hydrogen (secondary N) is 2. The summed E-state index contributed by atoms with van der Waals surface area (Å²) in [5.41, 5.74) is 2.02. The second-order valence-electron chi connectivity index (χ2n) is 6.07. The lowest BCUT2D eigenvalue weighted by molar-refractivity contribution is -0.116. The van der Waals surface area contributed by atoms with E-state index in [1.165, 1.54) is 18.5 Å². The minimum Gasteiger partial charge on any atom is -0.372 e. The number of aromatic amines is 1. The van der Waals surface area contributed by atoms with Gasteiger partial charge < -0.3 is 10.2 Å². The van der Waals surface area contributed by atoms with Gasteiger partial charge in [0, 0.05) is 30.9 Å². The number of hydrogen-bond donors (Lipinski definition) is 2. The highest BCUT2D eigenvalue weighted by atomic mass is 32.1. The minimum atomic E-state index is -0.0984. The fourth-order valence-electron chi connectivity index (χ4n) is 3.00. The molecule has 0 radical (unpaired) electrons. The summed E-state index contributed by atoms with van der Waals surface area (Å²) in [7, 11) is 0. The molecule has 0 saturated carbocycles. The second-order valence-corrected chi connectivity index (χ2v) is 6.46. The van der Waals surface area contributed by atoms with Crippen molar-refractivity contribution in [3.05, 3.63) is 34.9 Å². The maximum absolute atomic E-state index is 12.3. The summed E-state index contributed by atoms with van der Waals surface area (Å²) in [6.07, 6.45) is 4.26. The van der Waals surface area contributed by atoms with Gasteiger partial charge in [-0.3, -0.25) is 14.5 Å². The molecule has 3 rings (SSSR count). The Morgan fingerprint density at radius 3 is 2.67 bits per heavy atom. The first kappa shape index (κ1) is 16.7. The highest BCUT2D eigenvalue weighted by Crippen LogP contribution is 2.22. The van der Waals surface area contributed by atoms with E-state index in [1.54, 1.807) is 4.57 Å². The number of aromatic nitrogens is 3. The third-order valence-corrected chi connectivity index (χ3v) is 4.55. The molecule has 0 bridgehead atoms. The number of rotatable bonds is 6. The summed E-state index contributed by atoms with van der Waals surface area (Å²) in [4.78, 5) is 14.7. The zero-order valence-corrected chi connectivity index (χ0v) is 14.7. The molecule has 1 aliphatic heterocycles. The van der Waals surface area contributed by atoms with Gasteiger partial charge in [-0.15, -0.1) is 0 Å². The SMILES string of the molecule is CCCc1n[nH]c(=S)n1CC(=O)Nc1ccc(N2CCCC2)cc1. The van der Waals surface area contributed by atoms with Gasteiger partial charge in [0.2, 0.25) is 5.91 Å². The number of benzene rings is 1. The monoisotopic (exact) mass is 345 g/mol. The van der Waals surface area contributed by atoms with E-state index in [1.807, 2.05) is 12.1 Å². The second kappa shape index (κ2) is 7.61. The Balaban J connectivity index is 1.62. The van der Waals surface area contributed by atoms with Crippen LogP contribution in [0.25, 0.3) is 0 Å². The van der Waals surface area contributed by atoms with Crippen LogP contribution in [0, 0.1) is 4.77 Å². The lowest BCUT2D eigenvalue weighted by atomic mass is 10.2. The molecule has 0 spiro atoms. The highest BCUT2D eigenvalue weighted by Gasteiger charge is 2.13.